The fourth-order valence-electron chi connectivity index (χ4n) is 2.99. The van der Waals surface area contributed by atoms with Crippen molar-refractivity contribution in [2.45, 2.75) is 0 Å². The Hall–Kier alpha value is -2.74. The minimum Gasteiger partial charge on any atom is -0.341 e. The lowest BCUT2D eigenvalue weighted by Gasteiger charge is -2.38. The second-order valence-electron chi connectivity index (χ2n) is 5.21. The first-order valence-corrected chi connectivity index (χ1v) is 7.13. The zero-order valence-electron chi connectivity index (χ0n) is 11.9. The third-order valence-corrected chi connectivity index (χ3v) is 3.98. The first kappa shape index (κ1) is 12.0. The van der Waals surface area contributed by atoms with E-state index in [4.69, 9.17) is 0 Å². The predicted octanol–water partition coefficient (Wildman–Crippen LogP) is 5.24. The van der Waals surface area contributed by atoms with Crippen LogP contribution in [0.4, 0.5) is 28.4 Å². The molecule has 1 aliphatic rings. The highest BCUT2D eigenvalue weighted by Gasteiger charge is 2.26. The summed E-state index contributed by atoms with van der Waals surface area (Å²) in [6.45, 7) is 0. The average molecular weight is 272 g/mol. The van der Waals surface area contributed by atoms with Crippen LogP contribution < -0.4 is 9.80 Å². The van der Waals surface area contributed by atoms with Crippen molar-refractivity contribution in [2.75, 3.05) is 16.8 Å². The molecule has 2 nitrogen and oxygen atoms in total. The third-order valence-electron chi connectivity index (χ3n) is 3.98. The second-order valence-corrected chi connectivity index (χ2v) is 5.21. The molecule has 3 aromatic rings. The molecule has 21 heavy (non-hydrogen) atoms. The lowest BCUT2D eigenvalue weighted by molar-refractivity contribution is 1.13. The Balaban J connectivity index is 2.01. The van der Waals surface area contributed by atoms with E-state index in [1.807, 2.05) is 0 Å². The van der Waals surface area contributed by atoms with E-state index in [9.17, 15) is 0 Å². The summed E-state index contributed by atoms with van der Waals surface area (Å²) in [6.07, 6.45) is 0. The van der Waals surface area contributed by atoms with Gasteiger partial charge in [-0.3, -0.25) is 0 Å². The van der Waals surface area contributed by atoms with Gasteiger partial charge in [-0.1, -0.05) is 42.5 Å². The van der Waals surface area contributed by atoms with Crippen LogP contribution in [0, 0.1) is 0 Å². The van der Waals surface area contributed by atoms with Gasteiger partial charge in [0.1, 0.15) is 0 Å². The van der Waals surface area contributed by atoms with E-state index in [0.29, 0.717) is 0 Å². The Morgan fingerprint density at radius 1 is 0.524 bits per heavy atom. The van der Waals surface area contributed by atoms with E-state index >= 15 is 0 Å². The number of rotatable bonds is 1. The van der Waals surface area contributed by atoms with Crippen LogP contribution in [-0.4, -0.2) is 7.05 Å². The van der Waals surface area contributed by atoms with E-state index < -0.39 is 0 Å². The van der Waals surface area contributed by atoms with Gasteiger partial charge in [-0.25, -0.2) is 0 Å². The SMILES string of the molecule is CN1c2ccccc2N(c2ccccc2)c2ccccc21. The fourth-order valence-corrected chi connectivity index (χ4v) is 2.99. The van der Waals surface area contributed by atoms with Crippen molar-refractivity contribution >= 4 is 28.4 Å². The summed E-state index contributed by atoms with van der Waals surface area (Å²) < 4.78 is 0. The minimum absolute atomic E-state index is 1.19. The molecule has 0 radical (unpaired) electrons. The summed E-state index contributed by atoms with van der Waals surface area (Å²) >= 11 is 0. The van der Waals surface area contributed by atoms with Crippen LogP contribution in [0.5, 0.6) is 0 Å². The minimum atomic E-state index is 1.19. The standard InChI is InChI=1S/C19H16N2/c1-20-16-11-5-7-13-18(16)21(15-9-3-2-4-10-15)19-14-8-6-12-17(19)20/h2-14H,1H3. The molecule has 0 bridgehead atoms. The Kier molecular flexibility index (Phi) is 2.68. The third kappa shape index (κ3) is 1.80. The lowest BCUT2D eigenvalue weighted by Crippen LogP contribution is -2.23. The maximum atomic E-state index is 2.32. The van der Waals surface area contributed by atoms with Crippen LogP contribution in [0.3, 0.4) is 0 Å². The Morgan fingerprint density at radius 3 is 1.48 bits per heavy atom. The molecule has 0 saturated heterocycles. The number of anilines is 5. The zero-order valence-corrected chi connectivity index (χ0v) is 11.9. The van der Waals surface area contributed by atoms with Crippen LogP contribution in [0.1, 0.15) is 0 Å². The van der Waals surface area contributed by atoms with Crippen molar-refractivity contribution < 1.29 is 0 Å². The van der Waals surface area contributed by atoms with E-state index in [1.165, 1.54) is 28.4 Å². The molecular formula is C19H16N2. The Morgan fingerprint density at radius 2 is 0.952 bits per heavy atom. The van der Waals surface area contributed by atoms with Crippen molar-refractivity contribution in [3.63, 3.8) is 0 Å². The molecule has 0 atom stereocenters. The van der Waals surface area contributed by atoms with Crippen molar-refractivity contribution in [1.29, 1.82) is 0 Å². The molecule has 0 unspecified atom stereocenters. The number of para-hydroxylation sites is 5. The van der Waals surface area contributed by atoms with E-state index in [0.717, 1.165) is 0 Å². The van der Waals surface area contributed by atoms with Gasteiger partial charge in [0.25, 0.3) is 0 Å². The normalized spacial score (nSPS) is 12.8. The smallest absolute Gasteiger partial charge is 0.0699 e. The maximum Gasteiger partial charge on any atom is 0.0699 e. The van der Waals surface area contributed by atoms with Gasteiger partial charge in [-0.15, -0.1) is 0 Å². The first-order valence-electron chi connectivity index (χ1n) is 7.13. The monoisotopic (exact) mass is 272 g/mol. The molecule has 1 aliphatic heterocycles. The summed E-state index contributed by atoms with van der Waals surface area (Å²) in [7, 11) is 2.12. The molecule has 102 valence electrons. The molecule has 0 N–H and O–H groups in total. The second kappa shape index (κ2) is 4.67. The number of nitrogens with zero attached hydrogens (tertiary/aromatic N) is 2. The van der Waals surface area contributed by atoms with Crippen molar-refractivity contribution in [1.82, 2.24) is 0 Å². The summed E-state index contributed by atoms with van der Waals surface area (Å²) in [4.78, 5) is 4.58. The van der Waals surface area contributed by atoms with Crippen molar-refractivity contribution in [2.24, 2.45) is 0 Å². The van der Waals surface area contributed by atoms with Crippen LogP contribution in [-0.2, 0) is 0 Å². The molecular weight excluding hydrogens is 256 g/mol. The highest BCUT2D eigenvalue weighted by Crippen LogP contribution is 2.50. The number of hydrogen-bond donors (Lipinski definition) is 0. The molecule has 3 aromatic carbocycles. The molecule has 0 spiro atoms. The van der Waals surface area contributed by atoms with Gasteiger partial charge in [0.2, 0.25) is 0 Å². The van der Waals surface area contributed by atoms with Gasteiger partial charge < -0.3 is 9.80 Å². The summed E-state index contributed by atoms with van der Waals surface area (Å²) in [5.74, 6) is 0. The Bertz CT molecular complexity index is 733. The summed E-state index contributed by atoms with van der Waals surface area (Å²) in [5, 5.41) is 0. The highest BCUT2D eigenvalue weighted by atomic mass is 15.3. The van der Waals surface area contributed by atoms with Crippen LogP contribution in [0.25, 0.3) is 0 Å². The maximum absolute atomic E-state index is 2.32. The number of fused-ring (bicyclic) bond motifs is 2. The van der Waals surface area contributed by atoms with Gasteiger partial charge in [-0.2, -0.15) is 0 Å². The first-order chi connectivity index (χ1) is 10.4. The fraction of sp³-hybridized carbons (Fsp3) is 0.0526. The van der Waals surface area contributed by atoms with Crippen LogP contribution in [0.15, 0.2) is 78.9 Å². The van der Waals surface area contributed by atoms with Crippen LogP contribution in [0.2, 0.25) is 0 Å². The molecule has 0 aromatic heterocycles. The molecule has 0 amide bonds. The molecule has 0 fully saturated rings. The largest absolute Gasteiger partial charge is 0.341 e. The van der Waals surface area contributed by atoms with E-state index in [1.54, 1.807) is 0 Å². The quantitative estimate of drug-likeness (QED) is 0.598. The van der Waals surface area contributed by atoms with E-state index in [-0.39, 0.29) is 0 Å². The Labute approximate surface area is 124 Å². The number of hydrogen-bond acceptors (Lipinski definition) is 2. The zero-order chi connectivity index (χ0) is 14.2. The van der Waals surface area contributed by atoms with Gasteiger partial charge in [0.05, 0.1) is 22.7 Å². The summed E-state index contributed by atoms with van der Waals surface area (Å²) in [6, 6.07) is 27.6. The van der Waals surface area contributed by atoms with Gasteiger partial charge >= 0.3 is 0 Å². The highest BCUT2D eigenvalue weighted by molar-refractivity contribution is 5.97. The molecule has 2 heteroatoms. The molecule has 1 heterocycles. The van der Waals surface area contributed by atoms with Gasteiger partial charge in [0.15, 0.2) is 0 Å². The average Bonchev–Trinajstić information content (AvgIpc) is 2.56. The van der Waals surface area contributed by atoms with Crippen molar-refractivity contribution in [3.05, 3.63) is 78.9 Å². The molecule has 4 rings (SSSR count). The predicted molar refractivity (Wildman–Crippen MR) is 89.2 cm³/mol. The van der Waals surface area contributed by atoms with Crippen LogP contribution >= 0.6 is 0 Å². The molecule has 0 aliphatic carbocycles. The lowest BCUT2D eigenvalue weighted by atomic mass is 10.1. The van der Waals surface area contributed by atoms with Gasteiger partial charge in [-0.05, 0) is 36.4 Å². The topological polar surface area (TPSA) is 6.48 Å². The van der Waals surface area contributed by atoms with E-state index in [2.05, 4.69) is 95.7 Å². The number of benzene rings is 3. The molecule has 0 saturated carbocycles. The van der Waals surface area contributed by atoms with Gasteiger partial charge in [0, 0.05) is 12.7 Å². The summed E-state index contributed by atoms with van der Waals surface area (Å²) in [5.41, 5.74) is 6.06. The van der Waals surface area contributed by atoms with Crippen molar-refractivity contribution in [3.8, 4) is 0 Å².